The van der Waals surface area contributed by atoms with E-state index < -0.39 is 0 Å². The van der Waals surface area contributed by atoms with Crippen molar-refractivity contribution in [3.8, 4) is 0 Å². The molecule has 0 saturated carbocycles. The highest BCUT2D eigenvalue weighted by Crippen LogP contribution is 1.99. The SMILES string of the molecule is Cc1ncc(CNCc2ccccc2)[nH]1. The van der Waals surface area contributed by atoms with E-state index in [0.717, 1.165) is 24.6 Å². The van der Waals surface area contributed by atoms with Crippen LogP contribution in [0.4, 0.5) is 0 Å². The molecule has 1 aromatic carbocycles. The van der Waals surface area contributed by atoms with Crippen molar-refractivity contribution in [3.63, 3.8) is 0 Å². The van der Waals surface area contributed by atoms with Crippen LogP contribution in [0.1, 0.15) is 17.1 Å². The van der Waals surface area contributed by atoms with Crippen LogP contribution in [0.25, 0.3) is 0 Å². The molecule has 78 valence electrons. The van der Waals surface area contributed by atoms with Crippen LogP contribution in [-0.2, 0) is 13.1 Å². The van der Waals surface area contributed by atoms with Gasteiger partial charge in [0.2, 0.25) is 0 Å². The molecule has 3 heteroatoms. The van der Waals surface area contributed by atoms with Crippen molar-refractivity contribution >= 4 is 0 Å². The van der Waals surface area contributed by atoms with Crippen molar-refractivity contribution in [2.45, 2.75) is 20.0 Å². The molecule has 0 spiro atoms. The molecule has 2 aromatic rings. The summed E-state index contributed by atoms with van der Waals surface area (Å²) in [5.74, 6) is 0.964. The number of aryl methyl sites for hydroxylation is 1. The van der Waals surface area contributed by atoms with Gasteiger partial charge in [0.25, 0.3) is 0 Å². The molecule has 1 heterocycles. The molecule has 3 nitrogen and oxygen atoms in total. The van der Waals surface area contributed by atoms with Gasteiger partial charge in [-0.15, -0.1) is 0 Å². The average molecular weight is 201 g/mol. The molecule has 0 amide bonds. The van der Waals surface area contributed by atoms with Crippen LogP contribution in [0, 0.1) is 6.92 Å². The number of H-pyrrole nitrogens is 1. The highest BCUT2D eigenvalue weighted by atomic mass is 15.0. The van der Waals surface area contributed by atoms with Gasteiger partial charge in [0.1, 0.15) is 5.82 Å². The summed E-state index contributed by atoms with van der Waals surface area (Å²) in [4.78, 5) is 7.34. The molecule has 0 unspecified atom stereocenters. The number of nitrogens with one attached hydrogen (secondary N) is 2. The average Bonchev–Trinajstić information content (AvgIpc) is 2.66. The Morgan fingerprint density at radius 1 is 1.20 bits per heavy atom. The van der Waals surface area contributed by atoms with E-state index in [0.29, 0.717) is 0 Å². The van der Waals surface area contributed by atoms with Crippen LogP contribution >= 0.6 is 0 Å². The molecule has 0 aliphatic carbocycles. The minimum Gasteiger partial charge on any atom is -0.345 e. The van der Waals surface area contributed by atoms with E-state index in [1.54, 1.807) is 0 Å². The summed E-state index contributed by atoms with van der Waals surface area (Å²) in [6.45, 7) is 3.68. The highest BCUT2D eigenvalue weighted by molar-refractivity contribution is 5.14. The summed E-state index contributed by atoms with van der Waals surface area (Å²) in [5.41, 5.74) is 2.43. The Morgan fingerprint density at radius 2 is 2.00 bits per heavy atom. The fraction of sp³-hybridized carbons (Fsp3) is 0.250. The van der Waals surface area contributed by atoms with E-state index in [1.165, 1.54) is 5.56 Å². The molecule has 0 radical (unpaired) electrons. The van der Waals surface area contributed by atoms with Gasteiger partial charge in [-0.25, -0.2) is 4.98 Å². The summed E-state index contributed by atoms with van der Waals surface area (Å²) >= 11 is 0. The lowest BCUT2D eigenvalue weighted by molar-refractivity contribution is 0.681. The summed E-state index contributed by atoms with van der Waals surface area (Å²) in [5, 5.41) is 3.36. The van der Waals surface area contributed by atoms with E-state index in [1.807, 2.05) is 19.2 Å². The molecule has 0 atom stereocenters. The predicted molar refractivity (Wildman–Crippen MR) is 60.3 cm³/mol. The second-order valence-corrected chi connectivity index (χ2v) is 3.58. The van der Waals surface area contributed by atoms with Gasteiger partial charge in [0, 0.05) is 25.0 Å². The monoisotopic (exact) mass is 201 g/mol. The molecule has 0 bridgehead atoms. The van der Waals surface area contributed by atoms with Crippen molar-refractivity contribution in [2.24, 2.45) is 0 Å². The van der Waals surface area contributed by atoms with Crippen molar-refractivity contribution in [1.82, 2.24) is 15.3 Å². The molecular formula is C12H15N3. The fourth-order valence-electron chi connectivity index (χ4n) is 1.50. The number of hydrogen-bond donors (Lipinski definition) is 2. The summed E-state index contributed by atoms with van der Waals surface area (Å²) in [7, 11) is 0. The van der Waals surface area contributed by atoms with Crippen molar-refractivity contribution < 1.29 is 0 Å². The number of benzene rings is 1. The van der Waals surface area contributed by atoms with Crippen LogP contribution in [0.5, 0.6) is 0 Å². The number of aromatic nitrogens is 2. The lowest BCUT2D eigenvalue weighted by Crippen LogP contribution is -2.12. The molecule has 2 rings (SSSR count). The number of rotatable bonds is 4. The zero-order valence-electron chi connectivity index (χ0n) is 8.83. The summed E-state index contributed by atoms with van der Waals surface area (Å²) in [6.07, 6.45) is 1.87. The topological polar surface area (TPSA) is 40.7 Å². The Labute approximate surface area is 89.6 Å². The summed E-state index contributed by atoms with van der Waals surface area (Å²) < 4.78 is 0. The minimum atomic E-state index is 0.829. The lowest BCUT2D eigenvalue weighted by Gasteiger charge is -2.02. The van der Waals surface area contributed by atoms with E-state index >= 15 is 0 Å². The maximum atomic E-state index is 4.15. The first-order valence-corrected chi connectivity index (χ1v) is 5.10. The second kappa shape index (κ2) is 4.75. The Balaban J connectivity index is 1.80. The highest BCUT2D eigenvalue weighted by Gasteiger charge is 1.96. The van der Waals surface area contributed by atoms with E-state index in [4.69, 9.17) is 0 Å². The quantitative estimate of drug-likeness (QED) is 0.794. The summed E-state index contributed by atoms with van der Waals surface area (Å²) in [6, 6.07) is 10.4. The van der Waals surface area contributed by atoms with Gasteiger partial charge in [0.05, 0.1) is 0 Å². The van der Waals surface area contributed by atoms with E-state index in [-0.39, 0.29) is 0 Å². The van der Waals surface area contributed by atoms with E-state index in [2.05, 4.69) is 39.6 Å². The van der Waals surface area contributed by atoms with Gasteiger partial charge in [-0.05, 0) is 12.5 Å². The number of nitrogens with zero attached hydrogens (tertiary/aromatic N) is 1. The Morgan fingerprint density at radius 3 is 2.67 bits per heavy atom. The molecule has 0 saturated heterocycles. The molecule has 0 aliphatic rings. The number of imidazole rings is 1. The lowest BCUT2D eigenvalue weighted by atomic mass is 10.2. The van der Waals surface area contributed by atoms with Gasteiger partial charge < -0.3 is 10.3 Å². The Hall–Kier alpha value is -1.61. The van der Waals surface area contributed by atoms with E-state index in [9.17, 15) is 0 Å². The Bertz CT molecular complexity index is 406. The van der Waals surface area contributed by atoms with Gasteiger partial charge in [-0.1, -0.05) is 30.3 Å². The number of hydrogen-bond acceptors (Lipinski definition) is 2. The van der Waals surface area contributed by atoms with Crippen LogP contribution in [0.2, 0.25) is 0 Å². The minimum absolute atomic E-state index is 0.829. The predicted octanol–water partition coefficient (Wildman–Crippen LogP) is 2.01. The van der Waals surface area contributed by atoms with Crippen LogP contribution in [0.3, 0.4) is 0 Å². The van der Waals surface area contributed by atoms with Crippen molar-refractivity contribution in [1.29, 1.82) is 0 Å². The van der Waals surface area contributed by atoms with Gasteiger partial charge in [0.15, 0.2) is 0 Å². The van der Waals surface area contributed by atoms with Gasteiger partial charge >= 0.3 is 0 Å². The first-order chi connectivity index (χ1) is 7.34. The molecule has 0 fully saturated rings. The maximum Gasteiger partial charge on any atom is 0.103 e. The molecule has 0 aliphatic heterocycles. The normalized spacial score (nSPS) is 10.5. The third-order valence-corrected chi connectivity index (χ3v) is 2.24. The van der Waals surface area contributed by atoms with Crippen molar-refractivity contribution in [3.05, 3.63) is 53.6 Å². The molecule has 2 N–H and O–H groups in total. The van der Waals surface area contributed by atoms with Gasteiger partial charge in [-0.3, -0.25) is 0 Å². The van der Waals surface area contributed by atoms with Gasteiger partial charge in [-0.2, -0.15) is 0 Å². The fourth-order valence-corrected chi connectivity index (χ4v) is 1.50. The molecular weight excluding hydrogens is 186 g/mol. The second-order valence-electron chi connectivity index (χ2n) is 3.58. The largest absolute Gasteiger partial charge is 0.345 e. The smallest absolute Gasteiger partial charge is 0.103 e. The standard InChI is InChI=1S/C12H15N3/c1-10-14-9-12(15-10)8-13-7-11-5-3-2-4-6-11/h2-6,9,13H,7-8H2,1H3,(H,14,15). The third-order valence-electron chi connectivity index (χ3n) is 2.24. The zero-order valence-corrected chi connectivity index (χ0v) is 8.83. The third kappa shape index (κ3) is 2.92. The molecule has 15 heavy (non-hydrogen) atoms. The maximum absolute atomic E-state index is 4.15. The van der Waals surface area contributed by atoms with Crippen LogP contribution in [-0.4, -0.2) is 9.97 Å². The number of aromatic amines is 1. The Kier molecular flexibility index (Phi) is 3.15. The van der Waals surface area contributed by atoms with Crippen LogP contribution in [0.15, 0.2) is 36.5 Å². The van der Waals surface area contributed by atoms with Crippen molar-refractivity contribution in [2.75, 3.05) is 0 Å². The zero-order chi connectivity index (χ0) is 10.5. The first kappa shape index (κ1) is 9.93. The van der Waals surface area contributed by atoms with Crippen LogP contribution < -0.4 is 5.32 Å². The molecule has 1 aromatic heterocycles. The first-order valence-electron chi connectivity index (χ1n) is 5.10.